The number of nitrogens with two attached hydrogens (primary N) is 2. The summed E-state index contributed by atoms with van der Waals surface area (Å²) >= 11 is 0. The highest BCUT2D eigenvalue weighted by Gasteiger charge is 2.22. The van der Waals surface area contributed by atoms with Gasteiger partial charge in [-0.05, 0) is 35.4 Å². The summed E-state index contributed by atoms with van der Waals surface area (Å²) in [4.78, 5) is 108. The molecule has 0 radical (unpaired) electrons. The minimum Gasteiger partial charge on any atom is -0.475 e. The summed E-state index contributed by atoms with van der Waals surface area (Å²) in [6.07, 6.45) is 2.66. The van der Waals surface area contributed by atoms with Crippen LogP contribution in [0.3, 0.4) is 0 Å². The molecule has 0 atom stereocenters. The molecule has 2 amide bonds. The lowest BCUT2D eigenvalue weighted by Gasteiger charge is -2.12. The molecule has 10 N–H and O–H groups in total. The van der Waals surface area contributed by atoms with Crippen LogP contribution in [-0.4, -0.2) is 73.1 Å². The van der Waals surface area contributed by atoms with Crippen molar-refractivity contribution in [1.82, 2.24) is 49.8 Å². The zero-order chi connectivity index (χ0) is 46.0. The molecule has 0 spiro atoms. The van der Waals surface area contributed by atoms with E-state index >= 15 is 0 Å². The summed E-state index contributed by atoms with van der Waals surface area (Å²) in [6.45, 7) is -0.287. The van der Waals surface area contributed by atoms with Crippen LogP contribution in [0.1, 0.15) is 64.7 Å². The van der Waals surface area contributed by atoms with E-state index in [0.29, 0.717) is 11.1 Å². The maximum Gasteiger partial charge on any atom is 0.374 e. The number of hydrogen-bond donors (Lipinski definition) is 8. The number of carboxylic acid groups (broad SMARTS) is 2. The van der Waals surface area contributed by atoms with Crippen LogP contribution in [0.4, 0.5) is 31.5 Å². The van der Waals surface area contributed by atoms with Crippen LogP contribution in [0.2, 0.25) is 0 Å². The minimum absolute atomic E-state index is 0.0371. The van der Waals surface area contributed by atoms with Gasteiger partial charge in [-0.2, -0.15) is 29.2 Å². The molecule has 0 aliphatic heterocycles. The van der Waals surface area contributed by atoms with Gasteiger partial charge < -0.3 is 42.9 Å². The summed E-state index contributed by atoms with van der Waals surface area (Å²) in [5, 5.41) is 36.4. The van der Waals surface area contributed by atoms with Crippen LogP contribution in [0.15, 0.2) is 80.1 Å². The van der Waals surface area contributed by atoms with E-state index < -0.39 is 68.8 Å². The topological polar surface area (TPSA) is 363 Å². The van der Waals surface area contributed by atoms with Crippen molar-refractivity contribution in [3.8, 4) is 0 Å². The number of nitrogens with zero attached hydrogens (tertiary/aromatic N) is 8. The van der Waals surface area contributed by atoms with Crippen LogP contribution in [0, 0.1) is 11.6 Å². The maximum absolute atomic E-state index is 14.1. The quantitative estimate of drug-likeness (QED) is 0.0630. The Kier molecular flexibility index (Phi) is 11.6. The first-order valence-corrected chi connectivity index (χ1v) is 18.2. The molecule has 4 heterocycles. The Hall–Kier alpha value is -9.36. The number of anilines is 4. The number of rotatable bonds is 14. The summed E-state index contributed by atoms with van der Waals surface area (Å²) in [5.74, 6) is -7.05. The van der Waals surface area contributed by atoms with E-state index in [0.717, 1.165) is 9.03 Å². The smallest absolute Gasteiger partial charge is 0.374 e. The molecule has 4 aromatic carbocycles. The second kappa shape index (κ2) is 17.3. The fraction of sp³-hybridized carbons (Fsp3) is 0.105. The van der Waals surface area contributed by atoms with E-state index in [1.165, 1.54) is 60.9 Å². The number of benzene rings is 2. The number of nitrogens with one attached hydrogen (secondary N) is 4. The number of hydrogen-bond acceptors (Lipinski definition) is 18. The number of carbonyl (C=O) groups excluding carboxylic acids is 2. The van der Waals surface area contributed by atoms with Gasteiger partial charge in [0.2, 0.25) is 23.3 Å². The number of halogens is 2. The number of aromatic nitrogens is 8. The molecule has 0 bridgehead atoms. The van der Waals surface area contributed by atoms with Gasteiger partial charge in [0.1, 0.15) is 34.4 Å². The van der Waals surface area contributed by atoms with E-state index in [1.54, 1.807) is 0 Å². The summed E-state index contributed by atoms with van der Waals surface area (Å²) in [5.41, 5.74) is 8.90. The molecule has 0 unspecified atom stereocenters. The predicted molar refractivity (Wildman–Crippen MR) is 217 cm³/mol. The molecule has 64 heavy (non-hydrogen) atoms. The van der Waals surface area contributed by atoms with Crippen LogP contribution in [0.25, 0.3) is 11.3 Å². The molecule has 4 aromatic heterocycles. The molecule has 24 nitrogen and oxygen atoms in total. The maximum atomic E-state index is 14.1. The second-order valence-corrected chi connectivity index (χ2v) is 13.4. The van der Waals surface area contributed by atoms with Crippen LogP contribution in [0.5, 0.6) is 0 Å². The highest BCUT2D eigenvalue weighted by molar-refractivity contribution is 5.93. The number of amides is 2. The molecule has 8 rings (SSSR count). The predicted octanol–water partition coefficient (Wildman–Crippen LogP) is -0.636. The van der Waals surface area contributed by atoms with E-state index in [2.05, 4.69) is 51.4 Å². The number of carboxylic acids is 2. The van der Waals surface area contributed by atoms with Crippen molar-refractivity contribution in [2.24, 2.45) is 0 Å². The second-order valence-electron chi connectivity index (χ2n) is 13.4. The molecule has 26 heteroatoms. The van der Waals surface area contributed by atoms with Crippen LogP contribution in [-0.2, 0) is 26.2 Å². The molecule has 8 aromatic rings. The molecule has 0 aliphatic carbocycles. The Labute approximate surface area is 352 Å². The van der Waals surface area contributed by atoms with Crippen LogP contribution < -0.4 is 54.4 Å². The first-order chi connectivity index (χ1) is 30.5. The van der Waals surface area contributed by atoms with Crippen molar-refractivity contribution in [3.05, 3.63) is 159 Å². The third-order valence-electron chi connectivity index (χ3n) is 9.23. The Morgan fingerprint density at radius 1 is 0.562 bits per heavy atom. The summed E-state index contributed by atoms with van der Waals surface area (Å²) in [7, 11) is 0. The van der Waals surface area contributed by atoms with Crippen molar-refractivity contribution in [2.75, 3.05) is 22.1 Å². The van der Waals surface area contributed by atoms with Gasteiger partial charge in [-0.15, -0.1) is 0 Å². The first kappa shape index (κ1) is 42.8. The van der Waals surface area contributed by atoms with Gasteiger partial charge in [-0.1, -0.05) is 12.1 Å². The van der Waals surface area contributed by atoms with Gasteiger partial charge in [0.25, 0.3) is 33.5 Å². The van der Waals surface area contributed by atoms with E-state index in [9.17, 15) is 52.2 Å². The molecule has 0 saturated heterocycles. The minimum atomic E-state index is -1.40. The van der Waals surface area contributed by atoms with Gasteiger partial charge in [-0.25, -0.2) is 28.3 Å². The highest BCUT2D eigenvalue weighted by Crippen LogP contribution is 2.17. The average molecular weight is 879 g/mol. The SMILES string of the molecule is Nc1c(NCc2cc(CNC(=O)c3nc(C(=O)O)n4nccc4n3)ccc2F)c(=O)c1=O.Nc1c(NCc2cc(CNC(=O)c3nc(C(=O)O)nc4ccnn34)ccc2F)c(=O)c1=O. The Morgan fingerprint density at radius 2 is 1.02 bits per heavy atom. The monoisotopic (exact) mass is 878 g/mol. The molecule has 324 valence electrons. The fourth-order valence-corrected chi connectivity index (χ4v) is 5.94. The largest absolute Gasteiger partial charge is 0.475 e. The first-order valence-electron chi connectivity index (χ1n) is 18.2. The van der Waals surface area contributed by atoms with Gasteiger partial charge in [0.15, 0.2) is 11.3 Å². The van der Waals surface area contributed by atoms with E-state index in [4.69, 9.17) is 16.6 Å². The van der Waals surface area contributed by atoms with Gasteiger partial charge in [0, 0.05) is 49.4 Å². The molecular formula is C38H28F2N14O10. The van der Waals surface area contributed by atoms with Crippen molar-refractivity contribution >= 4 is 57.8 Å². The van der Waals surface area contributed by atoms with E-state index in [1.807, 2.05) is 0 Å². The van der Waals surface area contributed by atoms with E-state index in [-0.39, 0.29) is 83.0 Å². The van der Waals surface area contributed by atoms with Crippen molar-refractivity contribution in [2.45, 2.75) is 26.2 Å². The highest BCUT2D eigenvalue weighted by atomic mass is 19.1. The number of carbonyl (C=O) groups is 4. The zero-order valence-electron chi connectivity index (χ0n) is 32.3. The summed E-state index contributed by atoms with van der Waals surface area (Å²) < 4.78 is 30.3. The van der Waals surface area contributed by atoms with Crippen molar-refractivity contribution in [3.63, 3.8) is 0 Å². The molecule has 0 aliphatic rings. The summed E-state index contributed by atoms with van der Waals surface area (Å²) in [6, 6.07) is 11.0. The number of nitrogen functional groups attached to an aromatic ring is 2. The number of aromatic carboxylic acids is 2. The van der Waals surface area contributed by atoms with Gasteiger partial charge >= 0.3 is 11.9 Å². The van der Waals surface area contributed by atoms with Crippen molar-refractivity contribution in [1.29, 1.82) is 0 Å². The normalized spacial score (nSPS) is 11.0. The van der Waals surface area contributed by atoms with Crippen LogP contribution >= 0.6 is 0 Å². The fourth-order valence-electron chi connectivity index (χ4n) is 5.94. The Bertz CT molecular complexity index is 3350. The molecule has 0 saturated carbocycles. The Balaban J connectivity index is 0.000000191. The van der Waals surface area contributed by atoms with Crippen molar-refractivity contribution < 1.29 is 38.2 Å². The molecule has 0 fully saturated rings. The number of fused-ring (bicyclic) bond motifs is 2. The lowest BCUT2D eigenvalue weighted by molar-refractivity contribution is 0.0670. The third-order valence-corrected chi connectivity index (χ3v) is 9.23. The lowest BCUT2D eigenvalue weighted by atomic mass is 10.1. The van der Waals surface area contributed by atoms with Gasteiger partial charge in [-0.3, -0.25) is 28.8 Å². The standard InChI is InChI=1S/2C19H14FN7O5/c20-10-2-1-8(5-9(10)7-22-13-12(21)14(28)15(13)29)6-23-18(30)17-26-16(19(31)32)25-11-3-4-24-27(11)17;20-10-2-1-8(5-9(10)7-22-13-12(21)14(28)15(13)29)6-23-18(30)16-25-11-3-4-24-27(11)17(26-16)19(31)32/h2*1-5,22H,6-7,21H2,(H,23,30)(H,31,32). The third kappa shape index (κ3) is 8.48. The Morgan fingerprint density at radius 3 is 1.48 bits per heavy atom. The van der Waals surface area contributed by atoms with Gasteiger partial charge in [0.05, 0.1) is 12.4 Å². The lowest BCUT2D eigenvalue weighted by Crippen LogP contribution is -2.37. The molecular weight excluding hydrogens is 851 g/mol. The zero-order valence-corrected chi connectivity index (χ0v) is 32.3. The average Bonchev–Trinajstić information content (AvgIpc) is 3.98.